The molecule has 0 saturated heterocycles. The predicted molar refractivity (Wildman–Crippen MR) is 78.4 cm³/mol. The SMILES string of the molecule is O=C(CCn1ccccc1=O)ON1C(=O)c2ccccc2C1=O. The number of amides is 2. The molecule has 0 bridgehead atoms. The average molecular weight is 312 g/mol. The molecule has 2 aromatic rings. The Morgan fingerprint density at radius 2 is 1.52 bits per heavy atom. The van der Waals surface area contributed by atoms with Crippen molar-refractivity contribution in [2.45, 2.75) is 13.0 Å². The number of imide groups is 1. The first-order chi connectivity index (χ1) is 11.1. The van der Waals surface area contributed by atoms with Crippen molar-refractivity contribution in [2.75, 3.05) is 0 Å². The molecule has 1 aromatic heterocycles. The Morgan fingerprint density at radius 3 is 2.13 bits per heavy atom. The van der Waals surface area contributed by atoms with E-state index in [1.807, 2.05) is 0 Å². The Kier molecular flexibility index (Phi) is 3.76. The van der Waals surface area contributed by atoms with Crippen LogP contribution in [-0.4, -0.2) is 27.4 Å². The molecular weight excluding hydrogens is 300 g/mol. The molecule has 0 unspecified atom stereocenters. The number of benzene rings is 1. The van der Waals surface area contributed by atoms with Crippen molar-refractivity contribution in [3.63, 3.8) is 0 Å². The number of rotatable bonds is 4. The van der Waals surface area contributed by atoms with Crippen LogP contribution in [0, 0.1) is 0 Å². The quantitative estimate of drug-likeness (QED) is 0.786. The molecule has 7 heteroatoms. The fraction of sp³-hybridized carbons (Fsp3) is 0.125. The van der Waals surface area contributed by atoms with Gasteiger partial charge in [-0.1, -0.05) is 23.3 Å². The summed E-state index contributed by atoms with van der Waals surface area (Å²) in [6.07, 6.45) is 1.40. The Bertz CT molecular complexity index is 820. The van der Waals surface area contributed by atoms with Crippen LogP contribution in [0.3, 0.4) is 0 Å². The van der Waals surface area contributed by atoms with Crippen molar-refractivity contribution >= 4 is 17.8 Å². The van der Waals surface area contributed by atoms with Gasteiger partial charge in [0.15, 0.2) is 0 Å². The zero-order valence-electron chi connectivity index (χ0n) is 12.0. The lowest BCUT2D eigenvalue weighted by molar-refractivity contribution is -0.168. The molecule has 0 N–H and O–H groups in total. The molecule has 0 atom stereocenters. The van der Waals surface area contributed by atoms with E-state index >= 15 is 0 Å². The molecule has 3 rings (SSSR count). The predicted octanol–water partition coefficient (Wildman–Crippen LogP) is 0.993. The molecule has 0 radical (unpaired) electrons. The van der Waals surface area contributed by atoms with Crippen molar-refractivity contribution in [3.8, 4) is 0 Å². The summed E-state index contributed by atoms with van der Waals surface area (Å²) >= 11 is 0. The maximum Gasteiger partial charge on any atom is 0.335 e. The van der Waals surface area contributed by atoms with E-state index in [0.717, 1.165) is 0 Å². The van der Waals surface area contributed by atoms with Crippen molar-refractivity contribution < 1.29 is 19.2 Å². The van der Waals surface area contributed by atoms with Gasteiger partial charge in [0.25, 0.3) is 17.4 Å². The highest BCUT2D eigenvalue weighted by atomic mass is 16.7. The zero-order valence-corrected chi connectivity index (χ0v) is 12.0. The van der Waals surface area contributed by atoms with Gasteiger partial charge in [0.1, 0.15) is 0 Å². The number of fused-ring (bicyclic) bond motifs is 1. The molecule has 23 heavy (non-hydrogen) atoms. The van der Waals surface area contributed by atoms with Crippen LogP contribution in [0.25, 0.3) is 0 Å². The van der Waals surface area contributed by atoms with Gasteiger partial charge in [-0.05, 0) is 18.2 Å². The average Bonchev–Trinajstić information content (AvgIpc) is 2.80. The van der Waals surface area contributed by atoms with Crippen LogP contribution in [0.4, 0.5) is 0 Å². The number of hydroxylamine groups is 2. The second-order valence-corrected chi connectivity index (χ2v) is 4.90. The van der Waals surface area contributed by atoms with Gasteiger partial charge >= 0.3 is 5.97 Å². The molecule has 0 spiro atoms. The summed E-state index contributed by atoms with van der Waals surface area (Å²) in [5, 5.41) is 0.459. The Balaban J connectivity index is 1.65. The summed E-state index contributed by atoms with van der Waals surface area (Å²) in [5.74, 6) is -2.11. The first-order valence-electron chi connectivity index (χ1n) is 6.92. The first-order valence-corrected chi connectivity index (χ1v) is 6.92. The van der Waals surface area contributed by atoms with Crippen LogP contribution in [0.2, 0.25) is 0 Å². The molecule has 2 amide bonds. The third kappa shape index (κ3) is 2.76. The third-order valence-electron chi connectivity index (χ3n) is 3.41. The molecule has 0 aliphatic carbocycles. The summed E-state index contributed by atoms with van der Waals surface area (Å²) in [4.78, 5) is 52.3. The number of hydrogen-bond donors (Lipinski definition) is 0. The van der Waals surface area contributed by atoms with Crippen molar-refractivity contribution in [1.29, 1.82) is 0 Å². The normalized spacial score (nSPS) is 13.1. The summed E-state index contributed by atoms with van der Waals surface area (Å²) in [7, 11) is 0. The van der Waals surface area contributed by atoms with Crippen molar-refractivity contribution in [1.82, 2.24) is 9.63 Å². The highest BCUT2D eigenvalue weighted by molar-refractivity contribution is 6.20. The number of carbonyl (C=O) groups is 3. The molecule has 0 saturated carbocycles. The molecule has 1 aromatic carbocycles. The molecule has 116 valence electrons. The molecular formula is C16H12N2O5. The lowest BCUT2D eigenvalue weighted by Crippen LogP contribution is -2.33. The minimum atomic E-state index is -0.768. The maximum atomic E-state index is 12.0. The van der Waals surface area contributed by atoms with Crippen LogP contribution in [-0.2, 0) is 16.2 Å². The van der Waals surface area contributed by atoms with Gasteiger partial charge in [0.2, 0.25) is 0 Å². The monoisotopic (exact) mass is 312 g/mol. The van der Waals surface area contributed by atoms with E-state index in [-0.39, 0.29) is 29.7 Å². The van der Waals surface area contributed by atoms with Gasteiger partial charge < -0.3 is 9.40 Å². The van der Waals surface area contributed by atoms with Crippen molar-refractivity contribution in [2.24, 2.45) is 0 Å². The summed E-state index contributed by atoms with van der Waals surface area (Å²) in [6.45, 7) is 0.0989. The topological polar surface area (TPSA) is 85.7 Å². The van der Waals surface area contributed by atoms with E-state index in [4.69, 9.17) is 4.84 Å². The zero-order chi connectivity index (χ0) is 16.4. The van der Waals surface area contributed by atoms with Gasteiger partial charge in [-0.3, -0.25) is 14.4 Å². The lowest BCUT2D eigenvalue weighted by Gasteiger charge is -2.12. The second-order valence-electron chi connectivity index (χ2n) is 4.90. The molecule has 7 nitrogen and oxygen atoms in total. The largest absolute Gasteiger partial charge is 0.335 e. The minimum absolute atomic E-state index is 0.0989. The summed E-state index contributed by atoms with van der Waals surface area (Å²) in [5.41, 5.74) is 0.148. The maximum absolute atomic E-state index is 12.0. The van der Waals surface area contributed by atoms with Crippen LogP contribution >= 0.6 is 0 Å². The standard InChI is InChI=1S/C16H12N2O5/c19-13-7-3-4-9-17(13)10-8-14(20)23-18-15(21)11-5-1-2-6-12(11)16(18)22/h1-7,9H,8,10H2. The van der Waals surface area contributed by atoms with E-state index in [9.17, 15) is 19.2 Å². The minimum Gasteiger partial charge on any atom is -0.330 e. The number of nitrogens with zero attached hydrogens (tertiary/aromatic N) is 2. The third-order valence-corrected chi connectivity index (χ3v) is 3.41. The number of pyridine rings is 1. The number of aryl methyl sites for hydroxylation is 1. The van der Waals surface area contributed by atoms with E-state index in [1.54, 1.807) is 24.3 Å². The number of carbonyl (C=O) groups excluding carboxylic acids is 3. The highest BCUT2D eigenvalue weighted by Gasteiger charge is 2.38. The Morgan fingerprint density at radius 1 is 0.913 bits per heavy atom. The van der Waals surface area contributed by atoms with E-state index in [2.05, 4.69) is 0 Å². The molecule has 1 aliphatic heterocycles. The van der Waals surface area contributed by atoms with E-state index < -0.39 is 17.8 Å². The van der Waals surface area contributed by atoms with Crippen LogP contribution in [0.1, 0.15) is 27.1 Å². The first kappa shape index (κ1) is 14.7. The van der Waals surface area contributed by atoms with Gasteiger partial charge in [-0.15, -0.1) is 0 Å². The molecule has 1 aliphatic rings. The smallest absolute Gasteiger partial charge is 0.330 e. The number of aromatic nitrogens is 1. The fourth-order valence-electron chi connectivity index (χ4n) is 2.25. The fourth-order valence-corrected chi connectivity index (χ4v) is 2.25. The Labute approximate surface area is 130 Å². The van der Waals surface area contributed by atoms with Gasteiger partial charge in [0, 0.05) is 18.8 Å². The van der Waals surface area contributed by atoms with Gasteiger partial charge in [-0.2, -0.15) is 0 Å². The van der Waals surface area contributed by atoms with Crippen LogP contribution in [0.5, 0.6) is 0 Å². The van der Waals surface area contributed by atoms with Crippen molar-refractivity contribution in [3.05, 3.63) is 70.1 Å². The Hall–Kier alpha value is -3.22. The second kappa shape index (κ2) is 5.88. The molecule has 2 heterocycles. The van der Waals surface area contributed by atoms with Crippen LogP contribution in [0.15, 0.2) is 53.5 Å². The summed E-state index contributed by atoms with van der Waals surface area (Å²) in [6, 6.07) is 10.9. The van der Waals surface area contributed by atoms with E-state index in [1.165, 1.54) is 29.0 Å². The van der Waals surface area contributed by atoms with E-state index in [0.29, 0.717) is 5.06 Å². The van der Waals surface area contributed by atoms with Crippen LogP contribution < -0.4 is 5.56 Å². The summed E-state index contributed by atoms with van der Waals surface area (Å²) < 4.78 is 1.34. The molecule has 0 fully saturated rings. The van der Waals surface area contributed by atoms with Gasteiger partial charge in [0.05, 0.1) is 17.5 Å². The highest BCUT2D eigenvalue weighted by Crippen LogP contribution is 2.22. The number of hydrogen-bond acceptors (Lipinski definition) is 5. The lowest BCUT2D eigenvalue weighted by atomic mass is 10.1. The van der Waals surface area contributed by atoms with Gasteiger partial charge in [-0.25, -0.2) is 4.79 Å².